The highest BCUT2D eigenvalue weighted by atomic mass is 14.9. The minimum atomic E-state index is 0.825. The lowest BCUT2D eigenvalue weighted by molar-refractivity contribution is 0.450. The van der Waals surface area contributed by atoms with Crippen molar-refractivity contribution in [3.8, 4) is 0 Å². The standard InChI is InChI=1S/C14H21N/c1-10-4-11(2)6-13(5-10)7-14-9-15-8-12(14)3/h4-6,12,14-15H,7-9H2,1-3H3/t12-,14-/m1/s1. The molecule has 0 spiro atoms. The number of nitrogens with one attached hydrogen (secondary N) is 1. The quantitative estimate of drug-likeness (QED) is 0.779. The highest BCUT2D eigenvalue weighted by Gasteiger charge is 2.22. The number of hydrogen-bond donors (Lipinski definition) is 1. The van der Waals surface area contributed by atoms with E-state index in [1.807, 2.05) is 0 Å². The highest BCUT2D eigenvalue weighted by molar-refractivity contribution is 5.29. The number of hydrogen-bond acceptors (Lipinski definition) is 1. The minimum Gasteiger partial charge on any atom is -0.316 e. The van der Waals surface area contributed by atoms with Crippen LogP contribution in [0.25, 0.3) is 0 Å². The van der Waals surface area contributed by atoms with Crippen molar-refractivity contribution in [2.24, 2.45) is 11.8 Å². The van der Waals surface area contributed by atoms with Crippen molar-refractivity contribution in [1.82, 2.24) is 5.32 Å². The highest BCUT2D eigenvalue weighted by Crippen LogP contribution is 2.22. The SMILES string of the molecule is Cc1cc(C)cc(C[C@@H]2CNC[C@H]2C)c1. The summed E-state index contributed by atoms with van der Waals surface area (Å²) < 4.78 is 0. The smallest absolute Gasteiger partial charge is 0.00142 e. The van der Waals surface area contributed by atoms with Gasteiger partial charge in [0.1, 0.15) is 0 Å². The Morgan fingerprint density at radius 1 is 1.13 bits per heavy atom. The van der Waals surface area contributed by atoms with E-state index in [1.54, 1.807) is 0 Å². The third kappa shape index (κ3) is 2.60. The van der Waals surface area contributed by atoms with Gasteiger partial charge in [-0.15, -0.1) is 0 Å². The maximum absolute atomic E-state index is 3.47. The van der Waals surface area contributed by atoms with Gasteiger partial charge in [-0.1, -0.05) is 36.2 Å². The monoisotopic (exact) mass is 203 g/mol. The van der Waals surface area contributed by atoms with Gasteiger partial charge < -0.3 is 5.32 Å². The van der Waals surface area contributed by atoms with Crippen LogP contribution in [0.3, 0.4) is 0 Å². The third-order valence-electron chi connectivity index (χ3n) is 3.46. The molecule has 15 heavy (non-hydrogen) atoms. The summed E-state index contributed by atoms with van der Waals surface area (Å²) in [6.07, 6.45) is 1.23. The van der Waals surface area contributed by atoms with E-state index in [1.165, 1.54) is 36.2 Å². The molecule has 1 saturated heterocycles. The summed E-state index contributed by atoms with van der Waals surface area (Å²) >= 11 is 0. The molecule has 1 aliphatic heterocycles. The maximum Gasteiger partial charge on any atom is -0.00142 e. The molecular weight excluding hydrogens is 182 g/mol. The maximum atomic E-state index is 3.47. The summed E-state index contributed by atoms with van der Waals surface area (Å²) in [6, 6.07) is 6.91. The molecule has 0 amide bonds. The molecule has 1 fully saturated rings. The van der Waals surface area contributed by atoms with E-state index < -0.39 is 0 Å². The molecule has 0 unspecified atom stereocenters. The van der Waals surface area contributed by atoms with Gasteiger partial charge in [-0.05, 0) is 50.8 Å². The first-order valence-corrected chi connectivity index (χ1v) is 5.93. The van der Waals surface area contributed by atoms with E-state index in [0.717, 1.165) is 11.8 Å². The first kappa shape index (κ1) is 10.7. The molecule has 1 nitrogen and oxygen atoms in total. The van der Waals surface area contributed by atoms with Crippen molar-refractivity contribution in [1.29, 1.82) is 0 Å². The van der Waals surface area contributed by atoms with Crippen LogP contribution in [0.5, 0.6) is 0 Å². The molecule has 1 aromatic rings. The summed E-state index contributed by atoms with van der Waals surface area (Å²) in [7, 11) is 0. The van der Waals surface area contributed by atoms with E-state index >= 15 is 0 Å². The first-order chi connectivity index (χ1) is 7.15. The van der Waals surface area contributed by atoms with Crippen molar-refractivity contribution < 1.29 is 0 Å². The predicted molar refractivity (Wildman–Crippen MR) is 65.1 cm³/mol. The Labute approximate surface area is 92.9 Å². The number of aryl methyl sites for hydroxylation is 2. The van der Waals surface area contributed by atoms with Gasteiger partial charge in [0.15, 0.2) is 0 Å². The van der Waals surface area contributed by atoms with E-state index in [0.29, 0.717) is 0 Å². The van der Waals surface area contributed by atoms with Crippen LogP contribution in [-0.2, 0) is 6.42 Å². The van der Waals surface area contributed by atoms with Crippen LogP contribution < -0.4 is 5.32 Å². The zero-order valence-electron chi connectivity index (χ0n) is 10.0. The molecule has 82 valence electrons. The molecule has 1 aromatic carbocycles. The normalized spacial score (nSPS) is 25.8. The number of benzene rings is 1. The van der Waals surface area contributed by atoms with Crippen LogP contribution in [0.4, 0.5) is 0 Å². The van der Waals surface area contributed by atoms with E-state index in [2.05, 4.69) is 44.3 Å². The molecule has 1 heteroatoms. The Bertz CT molecular complexity index is 323. The van der Waals surface area contributed by atoms with E-state index in [-0.39, 0.29) is 0 Å². The molecule has 2 rings (SSSR count). The summed E-state index contributed by atoms with van der Waals surface area (Å²) in [5, 5.41) is 3.47. The van der Waals surface area contributed by atoms with Crippen LogP contribution in [0, 0.1) is 25.7 Å². The lowest BCUT2D eigenvalue weighted by Gasteiger charge is -2.14. The lowest BCUT2D eigenvalue weighted by atomic mass is 9.90. The lowest BCUT2D eigenvalue weighted by Crippen LogP contribution is -2.13. The second-order valence-corrected chi connectivity index (χ2v) is 5.10. The fourth-order valence-corrected chi connectivity index (χ4v) is 2.63. The van der Waals surface area contributed by atoms with Gasteiger partial charge in [0.2, 0.25) is 0 Å². The predicted octanol–water partition coefficient (Wildman–Crippen LogP) is 2.70. The number of rotatable bonds is 2. The van der Waals surface area contributed by atoms with Gasteiger partial charge in [0, 0.05) is 0 Å². The van der Waals surface area contributed by atoms with Crippen molar-refractivity contribution in [2.75, 3.05) is 13.1 Å². The Hall–Kier alpha value is -0.820. The second kappa shape index (κ2) is 4.36. The molecule has 0 radical (unpaired) electrons. The van der Waals surface area contributed by atoms with Crippen LogP contribution in [0.1, 0.15) is 23.6 Å². The van der Waals surface area contributed by atoms with Gasteiger partial charge >= 0.3 is 0 Å². The van der Waals surface area contributed by atoms with Crippen molar-refractivity contribution in [2.45, 2.75) is 27.2 Å². The van der Waals surface area contributed by atoms with Crippen molar-refractivity contribution in [3.05, 3.63) is 34.9 Å². The van der Waals surface area contributed by atoms with E-state index in [9.17, 15) is 0 Å². The summed E-state index contributed by atoms with van der Waals surface area (Å²) in [4.78, 5) is 0. The van der Waals surface area contributed by atoms with Gasteiger partial charge in [-0.2, -0.15) is 0 Å². The molecule has 1 heterocycles. The summed E-state index contributed by atoms with van der Waals surface area (Å²) in [5.74, 6) is 1.65. The van der Waals surface area contributed by atoms with E-state index in [4.69, 9.17) is 0 Å². The summed E-state index contributed by atoms with van der Waals surface area (Å²) in [6.45, 7) is 9.11. The topological polar surface area (TPSA) is 12.0 Å². The summed E-state index contributed by atoms with van der Waals surface area (Å²) in [5.41, 5.74) is 4.29. The average Bonchev–Trinajstić information content (AvgIpc) is 2.50. The van der Waals surface area contributed by atoms with Gasteiger partial charge in [0.25, 0.3) is 0 Å². The van der Waals surface area contributed by atoms with Crippen molar-refractivity contribution in [3.63, 3.8) is 0 Å². The Morgan fingerprint density at radius 2 is 1.80 bits per heavy atom. The molecule has 1 N–H and O–H groups in total. The second-order valence-electron chi connectivity index (χ2n) is 5.10. The largest absolute Gasteiger partial charge is 0.316 e. The van der Waals surface area contributed by atoms with Crippen molar-refractivity contribution >= 4 is 0 Å². The van der Waals surface area contributed by atoms with Crippen LogP contribution >= 0.6 is 0 Å². The fraction of sp³-hybridized carbons (Fsp3) is 0.571. The Morgan fingerprint density at radius 3 is 2.33 bits per heavy atom. The molecular formula is C14H21N. The molecule has 2 atom stereocenters. The Kier molecular flexibility index (Phi) is 3.11. The van der Waals surface area contributed by atoms with Crippen LogP contribution in [-0.4, -0.2) is 13.1 Å². The van der Waals surface area contributed by atoms with Crippen LogP contribution in [0.15, 0.2) is 18.2 Å². The van der Waals surface area contributed by atoms with Crippen LogP contribution in [0.2, 0.25) is 0 Å². The minimum absolute atomic E-state index is 0.825. The molecule has 0 aromatic heterocycles. The molecule has 1 aliphatic rings. The molecule has 0 bridgehead atoms. The zero-order valence-corrected chi connectivity index (χ0v) is 10.0. The molecule has 0 saturated carbocycles. The average molecular weight is 203 g/mol. The zero-order chi connectivity index (χ0) is 10.8. The molecule has 0 aliphatic carbocycles. The van der Waals surface area contributed by atoms with Gasteiger partial charge in [-0.25, -0.2) is 0 Å². The fourth-order valence-electron chi connectivity index (χ4n) is 2.63. The Balaban J connectivity index is 2.10. The van der Waals surface area contributed by atoms with Gasteiger partial charge in [-0.3, -0.25) is 0 Å². The first-order valence-electron chi connectivity index (χ1n) is 5.93. The third-order valence-corrected chi connectivity index (χ3v) is 3.46. The van der Waals surface area contributed by atoms with Gasteiger partial charge in [0.05, 0.1) is 0 Å².